The van der Waals surface area contributed by atoms with Crippen molar-refractivity contribution in [3.8, 4) is 0 Å². The first-order valence-corrected chi connectivity index (χ1v) is 19.7. The molecule has 1 fully saturated rings. The molecular weight excluding hydrogens is 537 g/mol. The van der Waals surface area contributed by atoms with Gasteiger partial charge in [-0.25, -0.2) is 0 Å². The summed E-state index contributed by atoms with van der Waals surface area (Å²) in [5.41, 5.74) is 2.37. The summed E-state index contributed by atoms with van der Waals surface area (Å²) in [6.07, 6.45) is 5.77. The van der Waals surface area contributed by atoms with Crippen LogP contribution >= 0.6 is 0 Å². The zero-order chi connectivity index (χ0) is 24.7. The van der Waals surface area contributed by atoms with Gasteiger partial charge in [0, 0.05) is 5.41 Å². The molecule has 0 saturated heterocycles. The molecule has 2 aliphatic rings. The molecule has 4 rings (SSSR count). The zero-order valence-corrected chi connectivity index (χ0v) is 23.9. The maximum absolute atomic E-state index is 15.3. The van der Waals surface area contributed by atoms with E-state index in [1.165, 1.54) is 3.51 Å². The van der Waals surface area contributed by atoms with Crippen molar-refractivity contribution in [1.82, 2.24) is 10.2 Å². The first kappa shape index (κ1) is 25.2. The van der Waals surface area contributed by atoms with Gasteiger partial charge in [0.25, 0.3) is 0 Å². The number of H-pyrrole nitrogens is 1. The van der Waals surface area contributed by atoms with Crippen molar-refractivity contribution in [2.24, 2.45) is 14.4 Å². The van der Waals surface area contributed by atoms with Gasteiger partial charge >= 0.3 is 151 Å². The molecule has 2 N–H and O–H groups in total. The summed E-state index contributed by atoms with van der Waals surface area (Å²) in [4.78, 5) is 4.47. The molecule has 1 aromatic carbocycles. The standard InChI is InChI=1S/C25H32FN4O.2CH3.Sb/c1-6-22(25(3,4)5)31-16(2)18-10-11-19(14-18)21-15-23(30-29-21)28-20-9-7-8-17(12-13-27)24(20)26;;;/h6-7,9,15,18-19H,2,10-14H2,1,3-5H3,(H2,28,29,30);2*1H3;/b22-6-;;;. The van der Waals surface area contributed by atoms with Crippen molar-refractivity contribution in [1.29, 1.82) is 0 Å². The summed E-state index contributed by atoms with van der Waals surface area (Å²) >= 11 is -2.58. The molecule has 2 unspecified atom stereocenters. The normalized spacial score (nSPS) is 22.1. The summed E-state index contributed by atoms with van der Waals surface area (Å²) in [6.45, 7) is 13.4. The van der Waals surface area contributed by atoms with E-state index in [1.807, 2.05) is 25.1 Å². The van der Waals surface area contributed by atoms with E-state index in [0.717, 1.165) is 48.6 Å². The number of allylic oxidation sites excluding steroid dienone is 3. The number of aromatic amines is 1. The Balaban J connectivity index is 1.42. The van der Waals surface area contributed by atoms with Crippen LogP contribution in [0.3, 0.4) is 0 Å². The zero-order valence-electron chi connectivity index (χ0n) is 21.3. The second kappa shape index (κ2) is 9.60. The van der Waals surface area contributed by atoms with Gasteiger partial charge in [-0.05, 0) is 13.0 Å². The monoisotopic (exact) mass is 574 g/mol. The fourth-order valence-corrected chi connectivity index (χ4v) is 11.0. The summed E-state index contributed by atoms with van der Waals surface area (Å²) in [5.74, 6) is 2.99. The predicted octanol–water partition coefficient (Wildman–Crippen LogP) is 6.89. The first-order valence-electron chi connectivity index (χ1n) is 12.2. The second-order valence-corrected chi connectivity index (χ2v) is 21.1. The van der Waals surface area contributed by atoms with Gasteiger partial charge in [-0.15, -0.1) is 0 Å². The van der Waals surface area contributed by atoms with Gasteiger partial charge < -0.3 is 4.74 Å². The molecular formula is C27H38FN4OSb. The third-order valence-corrected chi connectivity index (χ3v) is 14.2. The number of nitrogens with one attached hydrogen (secondary N) is 2. The van der Waals surface area contributed by atoms with Gasteiger partial charge in [0.05, 0.1) is 0 Å². The van der Waals surface area contributed by atoms with E-state index in [1.54, 1.807) is 0 Å². The third kappa shape index (κ3) is 5.17. The molecule has 2 heterocycles. The van der Waals surface area contributed by atoms with Gasteiger partial charge in [0.1, 0.15) is 5.76 Å². The molecule has 1 aromatic heterocycles. The number of hydrogen-bond acceptors (Lipinski definition) is 4. The number of hydrogen-bond donors (Lipinski definition) is 2. The van der Waals surface area contributed by atoms with E-state index in [-0.39, 0.29) is 11.2 Å². The number of ether oxygens (including phenoxy) is 1. The average Bonchev–Trinajstić information content (AvgIpc) is 3.42. The predicted molar refractivity (Wildman–Crippen MR) is 140 cm³/mol. The molecule has 2 aromatic rings. The number of nitrogens with zero attached hydrogens (tertiary/aromatic N) is 2. The Labute approximate surface area is 207 Å². The van der Waals surface area contributed by atoms with E-state index in [2.05, 4.69) is 58.7 Å². The van der Waals surface area contributed by atoms with Gasteiger partial charge in [-0.1, -0.05) is 27.4 Å². The van der Waals surface area contributed by atoms with E-state index in [4.69, 9.17) is 7.83 Å². The number of fused-ring (bicyclic) bond motifs is 1. The van der Waals surface area contributed by atoms with Crippen molar-refractivity contribution >= 4 is 33.6 Å². The minimum atomic E-state index is -2.58. The molecule has 5 nitrogen and oxygen atoms in total. The maximum atomic E-state index is 15.3. The van der Waals surface area contributed by atoms with Gasteiger partial charge in [-0.2, -0.15) is 0 Å². The summed E-state index contributed by atoms with van der Waals surface area (Å²) < 4.78 is 27.5. The summed E-state index contributed by atoms with van der Waals surface area (Å²) in [5, 5.41) is 10.8. The Morgan fingerprint density at radius 2 is 2.06 bits per heavy atom. The van der Waals surface area contributed by atoms with Crippen LogP contribution in [0.5, 0.6) is 0 Å². The first-order chi connectivity index (χ1) is 16.0. The second-order valence-electron chi connectivity index (χ2n) is 10.9. The topological polar surface area (TPSA) is 62.3 Å². The van der Waals surface area contributed by atoms with Crippen molar-refractivity contribution in [3.63, 3.8) is 0 Å². The van der Waals surface area contributed by atoms with Crippen LogP contribution in [0, 0.1) is 17.2 Å². The van der Waals surface area contributed by atoms with Crippen LogP contribution in [-0.4, -0.2) is 35.4 Å². The molecule has 7 heteroatoms. The van der Waals surface area contributed by atoms with Crippen LogP contribution in [0.15, 0.2) is 45.5 Å². The van der Waals surface area contributed by atoms with E-state index in [9.17, 15) is 0 Å². The fraction of sp³-hybridized carbons (Fsp3) is 0.519. The molecule has 1 aliphatic carbocycles. The molecule has 1 saturated carbocycles. The molecule has 1 aliphatic heterocycles. The van der Waals surface area contributed by atoms with Gasteiger partial charge in [-0.3, -0.25) is 0 Å². The quantitative estimate of drug-likeness (QED) is 0.291. The van der Waals surface area contributed by atoms with Crippen molar-refractivity contribution in [3.05, 3.63) is 59.4 Å². The molecule has 0 spiro atoms. The summed E-state index contributed by atoms with van der Waals surface area (Å²) in [6, 6.07) is 5.94. The number of rotatable bonds is 6. The Hall–Kier alpha value is -1.94. The van der Waals surface area contributed by atoms with E-state index >= 15 is 4.39 Å². The number of halogens is 1. The molecule has 0 bridgehead atoms. The Morgan fingerprint density at radius 3 is 2.76 bits per heavy atom. The van der Waals surface area contributed by atoms with Gasteiger partial charge in [0.2, 0.25) is 0 Å². The molecule has 0 amide bonds. The molecule has 184 valence electrons. The Bertz CT molecular complexity index is 1170. The van der Waals surface area contributed by atoms with Crippen LogP contribution in [-0.2, 0) is 11.2 Å². The van der Waals surface area contributed by atoms with Crippen LogP contribution in [0.2, 0.25) is 9.74 Å². The Kier molecular flexibility index (Phi) is 7.11. The van der Waals surface area contributed by atoms with Crippen LogP contribution < -0.4 is 8.83 Å². The molecule has 2 atom stereocenters. The number of benzene rings is 1. The van der Waals surface area contributed by atoms with E-state index in [0.29, 0.717) is 29.8 Å². The molecule has 34 heavy (non-hydrogen) atoms. The van der Waals surface area contributed by atoms with Crippen LogP contribution in [0.25, 0.3) is 0 Å². The third-order valence-electron chi connectivity index (χ3n) is 7.05. The fourth-order valence-electron chi connectivity index (χ4n) is 5.12. The average molecular weight is 575 g/mol. The summed E-state index contributed by atoms with van der Waals surface area (Å²) in [7, 11) is 0. The van der Waals surface area contributed by atoms with Gasteiger partial charge in [0.15, 0.2) is 0 Å². The number of anilines is 2. The van der Waals surface area contributed by atoms with Crippen LogP contribution in [0.1, 0.15) is 64.1 Å². The minimum absolute atomic E-state index is 0.0424. The SMILES string of the molecule is C=C(O/C(=C\C)C(C)(C)C)C1CCC(c2cc(Nc3cc[c]4c(c3F)CC[N]=[Sb]4([CH3])[CH3])n[nH]2)C1. The van der Waals surface area contributed by atoms with Crippen molar-refractivity contribution in [2.75, 3.05) is 11.9 Å². The Morgan fingerprint density at radius 1 is 1.29 bits per heavy atom. The van der Waals surface area contributed by atoms with E-state index < -0.39 is 18.6 Å². The van der Waals surface area contributed by atoms with Crippen molar-refractivity contribution < 1.29 is 9.13 Å². The molecule has 0 radical (unpaired) electrons. The van der Waals surface area contributed by atoms with Crippen LogP contribution in [0.4, 0.5) is 15.9 Å². The van der Waals surface area contributed by atoms with Crippen molar-refractivity contribution in [2.45, 2.75) is 69.0 Å². The number of aromatic nitrogens is 2.